The molecule has 104 valence electrons. The summed E-state index contributed by atoms with van der Waals surface area (Å²) in [4.78, 5) is 1.93. The van der Waals surface area contributed by atoms with Crippen LogP contribution in [0.1, 0.15) is 13.8 Å². The molecule has 0 aromatic rings. The van der Waals surface area contributed by atoms with Gasteiger partial charge in [-0.1, -0.05) is 0 Å². The number of nitrogens with one attached hydrogen (secondary N) is 1. The first-order valence-corrected chi connectivity index (χ1v) is 9.33. The molecule has 0 fully saturated rings. The lowest BCUT2D eigenvalue weighted by atomic mass is 10.3. The molecule has 1 N–H and O–H groups in total. The normalized spacial score (nSPS) is 13.5. The third-order valence-electron chi connectivity index (χ3n) is 2.24. The van der Waals surface area contributed by atoms with Gasteiger partial charge in [0.25, 0.3) is 0 Å². The monoisotopic (exact) mass is 286 g/mol. The molecule has 0 aliphatic heterocycles. The highest BCUT2D eigenvalue weighted by Gasteiger charge is 2.13. The first-order valence-electron chi connectivity index (χ1n) is 5.37. The number of hydrogen-bond acceptors (Lipinski definition) is 5. The minimum absolute atomic E-state index is 0.0874. The van der Waals surface area contributed by atoms with Crippen molar-refractivity contribution in [2.45, 2.75) is 19.9 Å². The Kier molecular flexibility index (Phi) is 6.60. The van der Waals surface area contributed by atoms with Gasteiger partial charge in [-0.15, -0.1) is 0 Å². The van der Waals surface area contributed by atoms with Gasteiger partial charge in [0.1, 0.15) is 9.84 Å². The van der Waals surface area contributed by atoms with Crippen LogP contribution in [-0.4, -0.2) is 65.7 Å². The maximum absolute atomic E-state index is 11.1. The Morgan fingerprint density at radius 1 is 1.06 bits per heavy atom. The lowest BCUT2D eigenvalue weighted by Gasteiger charge is -2.25. The lowest BCUT2D eigenvalue weighted by molar-refractivity contribution is 0.239. The average Bonchev–Trinajstić information content (AvgIpc) is 2.06. The highest BCUT2D eigenvalue weighted by Crippen LogP contribution is 1.98. The summed E-state index contributed by atoms with van der Waals surface area (Å²) in [6, 6.07) is 0.179. The summed E-state index contributed by atoms with van der Waals surface area (Å²) in [6.45, 7) is 5.11. The van der Waals surface area contributed by atoms with Crippen molar-refractivity contribution in [1.82, 2.24) is 9.62 Å². The van der Waals surface area contributed by atoms with Gasteiger partial charge in [-0.3, -0.25) is 4.90 Å². The zero-order valence-corrected chi connectivity index (χ0v) is 12.4. The highest BCUT2D eigenvalue weighted by molar-refractivity contribution is 7.90. The van der Waals surface area contributed by atoms with E-state index in [1.54, 1.807) is 0 Å². The van der Waals surface area contributed by atoms with Crippen LogP contribution in [0, 0.1) is 0 Å². The number of hydrogen-bond donors (Lipinski definition) is 1. The molecule has 0 saturated carbocycles. The second kappa shape index (κ2) is 6.67. The van der Waals surface area contributed by atoms with Gasteiger partial charge in [0.2, 0.25) is 10.0 Å². The maximum Gasteiger partial charge on any atom is 0.208 e. The highest BCUT2D eigenvalue weighted by atomic mass is 32.2. The summed E-state index contributed by atoms with van der Waals surface area (Å²) >= 11 is 0. The van der Waals surface area contributed by atoms with Crippen molar-refractivity contribution in [3.05, 3.63) is 0 Å². The quantitative estimate of drug-likeness (QED) is 0.637. The zero-order chi connectivity index (χ0) is 13.7. The summed E-state index contributed by atoms with van der Waals surface area (Å²) in [6.07, 6.45) is 2.30. The smallest absolute Gasteiger partial charge is 0.208 e. The Balaban J connectivity index is 4.18. The largest absolute Gasteiger partial charge is 0.299 e. The second-order valence-electron chi connectivity index (χ2n) is 4.43. The van der Waals surface area contributed by atoms with Gasteiger partial charge in [-0.05, 0) is 13.8 Å². The lowest BCUT2D eigenvalue weighted by Crippen LogP contribution is -2.40. The second-order valence-corrected chi connectivity index (χ2v) is 8.52. The number of sulfone groups is 1. The summed E-state index contributed by atoms with van der Waals surface area (Å²) < 4.78 is 46.2. The van der Waals surface area contributed by atoms with E-state index < -0.39 is 19.9 Å². The van der Waals surface area contributed by atoms with Gasteiger partial charge < -0.3 is 0 Å². The first-order chi connectivity index (χ1) is 7.51. The van der Waals surface area contributed by atoms with Crippen LogP contribution in [0.2, 0.25) is 0 Å². The van der Waals surface area contributed by atoms with E-state index in [4.69, 9.17) is 0 Å². The molecule has 0 aliphatic carbocycles. The van der Waals surface area contributed by atoms with Crippen LogP contribution in [0.5, 0.6) is 0 Å². The molecule has 0 radical (unpaired) electrons. The standard InChI is InChI=1S/C9H22N2O4S2/c1-9(2)11(7-8-16(3,12)13)6-5-10-17(4,14)15/h9-10H,5-8H2,1-4H3. The molecule has 0 bridgehead atoms. The van der Waals surface area contributed by atoms with E-state index in [2.05, 4.69) is 4.72 Å². The van der Waals surface area contributed by atoms with E-state index in [0.29, 0.717) is 19.6 Å². The Morgan fingerprint density at radius 3 is 1.94 bits per heavy atom. The predicted molar refractivity (Wildman–Crippen MR) is 69.3 cm³/mol. The molecule has 0 aromatic carbocycles. The summed E-state index contributed by atoms with van der Waals surface area (Å²) in [7, 11) is -6.17. The molecule has 0 heterocycles. The molecule has 0 aliphatic rings. The zero-order valence-electron chi connectivity index (χ0n) is 10.8. The van der Waals surface area contributed by atoms with Crippen molar-refractivity contribution < 1.29 is 16.8 Å². The fraction of sp³-hybridized carbons (Fsp3) is 1.00. The van der Waals surface area contributed by atoms with E-state index in [1.807, 2.05) is 18.7 Å². The molecule has 0 aromatic heterocycles. The molecular formula is C9H22N2O4S2. The number of nitrogens with zero attached hydrogens (tertiary/aromatic N) is 1. The van der Waals surface area contributed by atoms with Crippen LogP contribution in [0.3, 0.4) is 0 Å². The van der Waals surface area contributed by atoms with E-state index in [9.17, 15) is 16.8 Å². The Morgan fingerprint density at radius 2 is 1.59 bits per heavy atom. The van der Waals surface area contributed by atoms with Crippen LogP contribution in [0.25, 0.3) is 0 Å². The molecule has 0 atom stereocenters. The van der Waals surface area contributed by atoms with Crippen LogP contribution in [0.15, 0.2) is 0 Å². The average molecular weight is 286 g/mol. The number of sulfonamides is 1. The summed E-state index contributed by atoms with van der Waals surface area (Å²) in [5, 5.41) is 0. The van der Waals surface area contributed by atoms with E-state index in [-0.39, 0.29) is 11.8 Å². The van der Waals surface area contributed by atoms with Crippen molar-refractivity contribution in [3.63, 3.8) is 0 Å². The Bertz CT molecular complexity index is 414. The molecule has 6 nitrogen and oxygen atoms in total. The van der Waals surface area contributed by atoms with Gasteiger partial charge in [0.05, 0.1) is 12.0 Å². The Hall–Kier alpha value is -0.180. The topological polar surface area (TPSA) is 83.6 Å². The van der Waals surface area contributed by atoms with Crippen molar-refractivity contribution in [2.75, 3.05) is 37.9 Å². The molecule has 8 heteroatoms. The van der Waals surface area contributed by atoms with Crippen molar-refractivity contribution in [2.24, 2.45) is 0 Å². The number of rotatable bonds is 8. The van der Waals surface area contributed by atoms with E-state index >= 15 is 0 Å². The van der Waals surface area contributed by atoms with E-state index in [0.717, 1.165) is 6.26 Å². The van der Waals surface area contributed by atoms with Crippen molar-refractivity contribution in [1.29, 1.82) is 0 Å². The summed E-state index contributed by atoms with van der Waals surface area (Å²) in [5.41, 5.74) is 0. The van der Waals surface area contributed by atoms with Gasteiger partial charge in [0.15, 0.2) is 0 Å². The molecule has 0 unspecified atom stereocenters. The molecule has 0 rings (SSSR count). The molecule has 17 heavy (non-hydrogen) atoms. The summed E-state index contributed by atoms with van der Waals surface area (Å²) in [5.74, 6) is 0.0874. The van der Waals surface area contributed by atoms with Gasteiger partial charge >= 0.3 is 0 Å². The van der Waals surface area contributed by atoms with Gasteiger partial charge in [0, 0.05) is 31.9 Å². The van der Waals surface area contributed by atoms with Crippen LogP contribution < -0.4 is 4.72 Å². The first kappa shape index (κ1) is 16.8. The van der Waals surface area contributed by atoms with Crippen molar-refractivity contribution in [3.8, 4) is 0 Å². The molecule has 0 amide bonds. The third kappa shape index (κ3) is 10.7. The van der Waals surface area contributed by atoms with Crippen LogP contribution >= 0.6 is 0 Å². The van der Waals surface area contributed by atoms with Gasteiger partial charge in [-0.2, -0.15) is 0 Å². The molecular weight excluding hydrogens is 264 g/mol. The maximum atomic E-state index is 11.1. The molecule has 0 saturated heterocycles. The van der Waals surface area contributed by atoms with E-state index in [1.165, 1.54) is 6.26 Å². The SMILES string of the molecule is CC(C)N(CCNS(C)(=O)=O)CCS(C)(=O)=O. The third-order valence-corrected chi connectivity index (χ3v) is 3.90. The fourth-order valence-electron chi connectivity index (χ4n) is 1.29. The molecule has 0 spiro atoms. The minimum atomic E-state index is -3.18. The van der Waals surface area contributed by atoms with Crippen LogP contribution in [0.4, 0.5) is 0 Å². The van der Waals surface area contributed by atoms with Gasteiger partial charge in [-0.25, -0.2) is 21.6 Å². The minimum Gasteiger partial charge on any atom is -0.299 e. The fourth-order valence-corrected chi connectivity index (χ4v) is 2.31. The Labute approximate surface area is 104 Å². The van der Waals surface area contributed by atoms with Crippen LogP contribution in [-0.2, 0) is 19.9 Å². The predicted octanol–water partition coefficient (Wildman–Crippen LogP) is -0.709. The van der Waals surface area contributed by atoms with Crippen molar-refractivity contribution >= 4 is 19.9 Å².